The highest BCUT2D eigenvalue weighted by Gasteiger charge is 2.34. The van der Waals surface area contributed by atoms with Gasteiger partial charge < -0.3 is 19.1 Å². The van der Waals surface area contributed by atoms with Crippen molar-refractivity contribution in [3.63, 3.8) is 0 Å². The Morgan fingerprint density at radius 3 is 2.77 bits per heavy atom. The molecule has 2 aromatic carbocycles. The molecule has 0 saturated carbocycles. The Balaban J connectivity index is 2.05. The molecule has 5 nitrogen and oxygen atoms in total. The minimum absolute atomic E-state index is 0.210. The van der Waals surface area contributed by atoms with Crippen molar-refractivity contribution in [2.45, 2.75) is 40.2 Å². The number of aryl methyl sites for hydroxylation is 1. The third-order valence-corrected chi connectivity index (χ3v) is 5.93. The molecular formula is C25H26O5. The zero-order valence-electron chi connectivity index (χ0n) is 17.7. The second-order valence-electron chi connectivity index (χ2n) is 9.03. The molecule has 3 aromatic rings. The summed E-state index contributed by atoms with van der Waals surface area (Å²) in [6.45, 7) is 11.7. The van der Waals surface area contributed by atoms with Gasteiger partial charge in [0.2, 0.25) is 5.43 Å². The van der Waals surface area contributed by atoms with Crippen LogP contribution >= 0.6 is 0 Å². The molecule has 0 amide bonds. The molecule has 0 spiro atoms. The quantitative estimate of drug-likeness (QED) is 0.388. The summed E-state index contributed by atoms with van der Waals surface area (Å²) < 4.78 is 12.2. The Bertz CT molecular complexity index is 1250. The standard InChI is InChI=1S/C25H26O5/c1-13(2)17-11-29-23-14(3)9-18-19(20(23)22(17)28)21(27)16-8-6-7-15(24(16)30-18)10-25(4,5)12-26/h6-9,12,17,22,28H,1,10-11H2,2-5H3/t17-,22-/m1/s1. The predicted molar refractivity (Wildman–Crippen MR) is 117 cm³/mol. The van der Waals surface area contributed by atoms with Crippen LogP contribution in [0, 0.1) is 18.3 Å². The molecule has 4 rings (SSSR count). The number of rotatable bonds is 4. The third kappa shape index (κ3) is 3.14. The van der Waals surface area contributed by atoms with E-state index in [4.69, 9.17) is 9.15 Å². The summed E-state index contributed by atoms with van der Waals surface area (Å²) in [7, 11) is 0. The summed E-state index contributed by atoms with van der Waals surface area (Å²) in [5, 5.41) is 11.9. The van der Waals surface area contributed by atoms with Gasteiger partial charge in [0.25, 0.3) is 0 Å². The Morgan fingerprint density at radius 2 is 2.10 bits per heavy atom. The van der Waals surface area contributed by atoms with E-state index in [1.807, 2.05) is 33.8 Å². The van der Waals surface area contributed by atoms with Gasteiger partial charge in [0.05, 0.1) is 23.5 Å². The lowest BCUT2D eigenvalue weighted by Gasteiger charge is -2.32. The lowest BCUT2D eigenvalue weighted by molar-refractivity contribution is -0.114. The van der Waals surface area contributed by atoms with Crippen LogP contribution in [-0.2, 0) is 11.2 Å². The maximum atomic E-state index is 13.6. The van der Waals surface area contributed by atoms with Gasteiger partial charge in [-0.2, -0.15) is 0 Å². The fourth-order valence-corrected chi connectivity index (χ4v) is 4.26. The summed E-state index contributed by atoms with van der Waals surface area (Å²) in [6, 6.07) is 7.18. The molecule has 0 aliphatic carbocycles. The maximum absolute atomic E-state index is 13.6. The molecule has 1 aliphatic rings. The molecule has 0 radical (unpaired) electrons. The van der Waals surface area contributed by atoms with Crippen LogP contribution in [-0.4, -0.2) is 18.0 Å². The summed E-state index contributed by atoms with van der Waals surface area (Å²) in [6.07, 6.45) is 0.471. The molecule has 2 heterocycles. The number of hydrogen-bond acceptors (Lipinski definition) is 5. The van der Waals surface area contributed by atoms with E-state index < -0.39 is 11.5 Å². The second-order valence-corrected chi connectivity index (χ2v) is 9.03. The van der Waals surface area contributed by atoms with Gasteiger partial charge in [0, 0.05) is 16.9 Å². The van der Waals surface area contributed by atoms with E-state index in [0.29, 0.717) is 46.3 Å². The van der Waals surface area contributed by atoms with Crippen molar-refractivity contribution in [3.8, 4) is 5.75 Å². The van der Waals surface area contributed by atoms with Crippen LogP contribution in [0.15, 0.2) is 45.6 Å². The Labute approximate surface area is 175 Å². The van der Waals surface area contributed by atoms with Crippen molar-refractivity contribution in [3.05, 3.63) is 63.3 Å². The number of aldehydes is 1. The molecule has 1 N–H and O–H groups in total. The molecule has 156 valence electrons. The van der Waals surface area contributed by atoms with Gasteiger partial charge in [-0.15, -0.1) is 0 Å². The van der Waals surface area contributed by atoms with Crippen LogP contribution < -0.4 is 10.2 Å². The topological polar surface area (TPSA) is 76.7 Å². The number of para-hydroxylation sites is 1. The minimum Gasteiger partial charge on any atom is -0.492 e. The molecule has 1 aliphatic heterocycles. The summed E-state index contributed by atoms with van der Waals surface area (Å²) >= 11 is 0. The average Bonchev–Trinajstić information content (AvgIpc) is 2.68. The van der Waals surface area contributed by atoms with Crippen LogP contribution in [0.1, 0.15) is 43.6 Å². The highest BCUT2D eigenvalue weighted by Crippen LogP contribution is 2.44. The number of carbonyl (C=O) groups excluding carboxylic acids is 1. The van der Waals surface area contributed by atoms with Crippen molar-refractivity contribution >= 4 is 28.2 Å². The highest BCUT2D eigenvalue weighted by atomic mass is 16.5. The van der Waals surface area contributed by atoms with Crippen LogP contribution in [0.25, 0.3) is 21.9 Å². The Kier molecular flexibility index (Phi) is 4.82. The molecule has 0 bridgehead atoms. The molecule has 1 aromatic heterocycles. The van der Waals surface area contributed by atoms with Gasteiger partial charge in [-0.25, -0.2) is 0 Å². The first kappa shape index (κ1) is 20.4. The molecule has 0 unspecified atom stereocenters. The molecule has 5 heteroatoms. The first-order valence-corrected chi connectivity index (χ1v) is 10.1. The fourth-order valence-electron chi connectivity index (χ4n) is 4.26. The molecule has 0 saturated heterocycles. The highest BCUT2D eigenvalue weighted by molar-refractivity contribution is 5.95. The van der Waals surface area contributed by atoms with Crippen molar-refractivity contribution in [1.29, 1.82) is 0 Å². The lowest BCUT2D eigenvalue weighted by Crippen LogP contribution is -2.28. The monoisotopic (exact) mass is 406 g/mol. The molecule has 0 fully saturated rings. The number of fused-ring (bicyclic) bond motifs is 4. The van der Waals surface area contributed by atoms with Gasteiger partial charge in [-0.05, 0) is 43.5 Å². The SMILES string of the molecule is C=C(C)[C@H]1COc2c(C)cc3oc4c(CC(C)(C)C=O)cccc4c(=O)c3c2[C@@H]1O. The summed E-state index contributed by atoms with van der Waals surface area (Å²) in [5.41, 5.74) is 2.97. The van der Waals surface area contributed by atoms with E-state index in [2.05, 4.69) is 6.58 Å². The molecular weight excluding hydrogens is 380 g/mol. The summed E-state index contributed by atoms with van der Waals surface area (Å²) in [4.78, 5) is 25.0. The van der Waals surface area contributed by atoms with Gasteiger partial charge in [0.15, 0.2) is 0 Å². The number of benzene rings is 2. The number of ether oxygens (including phenoxy) is 1. The average molecular weight is 406 g/mol. The molecule has 2 atom stereocenters. The van der Waals surface area contributed by atoms with Crippen LogP contribution in [0.3, 0.4) is 0 Å². The number of aliphatic hydroxyl groups is 1. The lowest BCUT2D eigenvalue weighted by atomic mass is 9.85. The normalized spacial score (nSPS) is 18.8. The van der Waals surface area contributed by atoms with Gasteiger partial charge >= 0.3 is 0 Å². The van der Waals surface area contributed by atoms with Crippen LogP contribution in [0.4, 0.5) is 0 Å². The number of carbonyl (C=O) groups is 1. The van der Waals surface area contributed by atoms with Gasteiger partial charge in [0.1, 0.15) is 23.2 Å². The first-order chi connectivity index (χ1) is 14.1. The van der Waals surface area contributed by atoms with Gasteiger partial charge in [-0.1, -0.05) is 38.1 Å². The van der Waals surface area contributed by atoms with E-state index in [1.165, 1.54) is 0 Å². The fraction of sp³-hybridized carbons (Fsp3) is 0.360. The largest absolute Gasteiger partial charge is 0.492 e. The molecule has 30 heavy (non-hydrogen) atoms. The minimum atomic E-state index is -0.897. The van der Waals surface area contributed by atoms with Crippen molar-refractivity contribution in [2.75, 3.05) is 6.61 Å². The van der Waals surface area contributed by atoms with Crippen LogP contribution in [0.5, 0.6) is 5.75 Å². The third-order valence-electron chi connectivity index (χ3n) is 5.93. The zero-order chi connectivity index (χ0) is 21.8. The van der Waals surface area contributed by atoms with E-state index in [1.54, 1.807) is 18.2 Å². The van der Waals surface area contributed by atoms with Crippen molar-refractivity contribution in [1.82, 2.24) is 0 Å². The zero-order valence-corrected chi connectivity index (χ0v) is 17.7. The van der Waals surface area contributed by atoms with E-state index in [0.717, 1.165) is 23.0 Å². The predicted octanol–water partition coefficient (Wildman–Crippen LogP) is 4.64. The van der Waals surface area contributed by atoms with Crippen molar-refractivity contribution < 1.29 is 19.1 Å². The number of aliphatic hydroxyl groups excluding tert-OH is 1. The first-order valence-electron chi connectivity index (χ1n) is 10.1. The number of hydrogen-bond donors (Lipinski definition) is 1. The Hall–Kier alpha value is -2.92. The van der Waals surface area contributed by atoms with Gasteiger partial charge in [-0.3, -0.25) is 4.79 Å². The smallest absolute Gasteiger partial charge is 0.201 e. The van der Waals surface area contributed by atoms with E-state index >= 15 is 0 Å². The van der Waals surface area contributed by atoms with E-state index in [9.17, 15) is 14.7 Å². The Morgan fingerprint density at radius 1 is 1.37 bits per heavy atom. The van der Waals surface area contributed by atoms with Crippen LogP contribution in [0.2, 0.25) is 0 Å². The summed E-state index contributed by atoms with van der Waals surface area (Å²) in [5.74, 6) is 0.245. The van der Waals surface area contributed by atoms with E-state index in [-0.39, 0.29) is 11.3 Å². The van der Waals surface area contributed by atoms with Crippen molar-refractivity contribution in [2.24, 2.45) is 11.3 Å². The maximum Gasteiger partial charge on any atom is 0.201 e. The second kappa shape index (κ2) is 7.10.